The Kier molecular flexibility index (Phi) is 12.2. The summed E-state index contributed by atoms with van der Waals surface area (Å²) in [5, 5.41) is 13.6. The number of halogens is 1. The number of hydrogen-bond acceptors (Lipinski definition) is 14. The molecule has 18 nitrogen and oxygen atoms in total. The van der Waals surface area contributed by atoms with Crippen molar-refractivity contribution in [2.24, 2.45) is 0 Å². The molecule has 2 amide bonds. The first-order valence-electron chi connectivity index (χ1n) is 19.4. The van der Waals surface area contributed by atoms with E-state index < -0.39 is 7.12 Å². The first-order chi connectivity index (χ1) is 29.6. The second-order valence-corrected chi connectivity index (χ2v) is 15.8. The second kappa shape index (κ2) is 17.4. The minimum absolute atomic E-state index is 0.0527. The maximum Gasteiger partial charge on any atom is 0.496 e. The van der Waals surface area contributed by atoms with E-state index in [0.717, 1.165) is 50.6 Å². The maximum atomic E-state index is 12.7. The van der Waals surface area contributed by atoms with Crippen molar-refractivity contribution < 1.29 is 37.8 Å². The number of nitrogens with one attached hydrogen (secondary N) is 2. The highest BCUT2D eigenvalue weighted by molar-refractivity contribution is 6.62. The Balaban J connectivity index is 0.000000144. The number of amides is 2. The Morgan fingerprint density at radius 1 is 0.677 bits per heavy atom. The number of aryl methyl sites for hydroxylation is 2. The molecule has 2 N–H and O–H groups in total. The van der Waals surface area contributed by atoms with Crippen LogP contribution in [0.1, 0.15) is 70.9 Å². The summed E-state index contributed by atoms with van der Waals surface area (Å²) < 4.78 is 32.8. The van der Waals surface area contributed by atoms with Gasteiger partial charge in [-0.3, -0.25) is 34.6 Å². The van der Waals surface area contributed by atoms with Gasteiger partial charge in [0.05, 0.1) is 105 Å². The van der Waals surface area contributed by atoms with Crippen LogP contribution in [0, 0.1) is 13.8 Å². The first-order valence-corrected chi connectivity index (χ1v) is 19.8. The molecule has 0 radical (unpaired) electrons. The Hall–Kier alpha value is -6.57. The highest BCUT2D eigenvalue weighted by Gasteiger charge is 2.52. The zero-order chi connectivity index (χ0) is 44.5. The summed E-state index contributed by atoms with van der Waals surface area (Å²) in [7, 11) is 5.79. The molecule has 1 saturated heterocycles. The lowest BCUT2D eigenvalue weighted by atomic mass is 9.80. The van der Waals surface area contributed by atoms with Crippen LogP contribution >= 0.6 is 11.6 Å². The molecule has 6 aromatic rings. The lowest BCUT2D eigenvalue weighted by Gasteiger charge is -2.32. The quantitative estimate of drug-likeness (QED) is 0.140. The number of H-pyrrole nitrogens is 2. The molecule has 6 aromatic heterocycles. The first kappa shape index (κ1) is 43.5. The number of fused-ring (bicyclic) bond motifs is 2. The molecule has 62 heavy (non-hydrogen) atoms. The van der Waals surface area contributed by atoms with Crippen molar-refractivity contribution in [3.05, 3.63) is 100 Å². The number of ether oxygens (including phenoxy) is 4. The number of aromatic nitrogens is 8. The van der Waals surface area contributed by atoms with E-state index in [-0.39, 0.29) is 23.0 Å². The summed E-state index contributed by atoms with van der Waals surface area (Å²) in [4.78, 5) is 45.6. The Morgan fingerprint density at radius 3 is 1.68 bits per heavy atom. The molecule has 9 heterocycles. The number of carbonyl (C=O) groups excluding carboxylic acids is 2. The van der Waals surface area contributed by atoms with Crippen LogP contribution in [0.2, 0.25) is 5.15 Å². The Morgan fingerprint density at radius 2 is 1.18 bits per heavy atom. The summed E-state index contributed by atoms with van der Waals surface area (Å²) in [6.07, 6.45) is 9.97. The van der Waals surface area contributed by atoms with Crippen molar-refractivity contribution >= 4 is 47.4 Å². The van der Waals surface area contributed by atoms with Crippen LogP contribution in [0.4, 0.5) is 11.4 Å². The van der Waals surface area contributed by atoms with E-state index in [1.807, 2.05) is 59.7 Å². The van der Waals surface area contributed by atoms with Crippen molar-refractivity contribution in [3.63, 3.8) is 0 Å². The third-order valence-corrected chi connectivity index (χ3v) is 11.2. The van der Waals surface area contributed by atoms with Gasteiger partial charge in [0.1, 0.15) is 5.15 Å². The third kappa shape index (κ3) is 8.38. The molecule has 3 aliphatic heterocycles. The predicted octanol–water partition coefficient (Wildman–Crippen LogP) is 5.68. The molecular formula is C42H46BClN10O8. The summed E-state index contributed by atoms with van der Waals surface area (Å²) >= 11 is 5.89. The van der Waals surface area contributed by atoms with Gasteiger partial charge in [0.2, 0.25) is 0 Å². The van der Waals surface area contributed by atoms with Gasteiger partial charge in [0.15, 0.2) is 11.5 Å². The minimum Gasteiger partial charge on any atom is -0.491 e. The molecule has 9 rings (SSSR count). The van der Waals surface area contributed by atoms with Crippen LogP contribution in [-0.4, -0.2) is 98.9 Å². The number of aromatic amines is 2. The summed E-state index contributed by atoms with van der Waals surface area (Å²) in [6.45, 7) is 12.7. The van der Waals surface area contributed by atoms with Crippen LogP contribution in [0.15, 0.2) is 61.4 Å². The van der Waals surface area contributed by atoms with Gasteiger partial charge in [0, 0.05) is 35.8 Å². The Bertz CT molecular complexity index is 2590. The lowest BCUT2D eigenvalue weighted by Crippen LogP contribution is -2.41. The van der Waals surface area contributed by atoms with Crippen LogP contribution in [-0.2, 0) is 22.4 Å². The topological polar surface area (TPSA) is 205 Å². The molecule has 20 heteroatoms. The fourth-order valence-electron chi connectivity index (χ4n) is 7.03. The molecule has 0 aliphatic carbocycles. The minimum atomic E-state index is -0.447. The van der Waals surface area contributed by atoms with E-state index in [2.05, 4.69) is 35.3 Å². The van der Waals surface area contributed by atoms with Gasteiger partial charge in [0.25, 0.3) is 23.6 Å². The van der Waals surface area contributed by atoms with Gasteiger partial charge in [-0.25, -0.2) is 15.0 Å². The molecule has 1 fully saturated rings. The summed E-state index contributed by atoms with van der Waals surface area (Å²) in [6, 6.07) is 7.24. The van der Waals surface area contributed by atoms with Crippen molar-refractivity contribution in [1.82, 2.24) is 40.3 Å². The molecule has 0 spiro atoms. The van der Waals surface area contributed by atoms with E-state index in [1.165, 1.54) is 0 Å². The largest absolute Gasteiger partial charge is 0.496 e. The number of nitrogens with zero attached hydrogens (tertiary/aromatic N) is 8. The standard InChI is InChI=1S/C18H17N5O3.C13H20BNO4.C11H9ClN4O/c1-10-4-13(11-5-15(25-2)17(26-3)19-6-11)22-14-9-23(18(24)16(10)14)12-7-20-21-8-12;1-12(2)13(3,4)19-14(18-12)9-7-10(16-5)11(17-6)15-8-9;1-6-2-9(12)15-8-5-16(11(17)10(6)8)7-3-13-14-4-7/h4-8H,9H2,1-3H3,(H,20,21);7-8H,1-6H3;2-4H,5H2,1H3,(H,13,14). The normalized spacial score (nSPS) is 15.6. The molecule has 0 atom stereocenters. The number of rotatable bonds is 8. The number of hydrogen-bond donors (Lipinski definition) is 2. The monoisotopic (exact) mass is 864 g/mol. The fraction of sp³-hybridized carbons (Fsp3) is 0.333. The Labute approximate surface area is 363 Å². The van der Waals surface area contributed by atoms with Gasteiger partial charge in [-0.1, -0.05) is 11.6 Å². The summed E-state index contributed by atoms with van der Waals surface area (Å²) in [5.41, 5.74) is 7.55. The van der Waals surface area contributed by atoms with E-state index in [1.54, 1.807) is 81.5 Å². The van der Waals surface area contributed by atoms with Crippen molar-refractivity contribution in [1.29, 1.82) is 0 Å². The number of pyridine rings is 4. The maximum absolute atomic E-state index is 12.7. The molecule has 0 bridgehead atoms. The number of methoxy groups -OCH3 is 4. The van der Waals surface area contributed by atoms with Gasteiger partial charge in [-0.15, -0.1) is 0 Å². The fourth-order valence-corrected chi connectivity index (χ4v) is 7.30. The average molecular weight is 865 g/mol. The molecule has 0 aromatic carbocycles. The van der Waals surface area contributed by atoms with Gasteiger partial charge in [-0.2, -0.15) is 10.2 Å². The van der Waals surface area contributed by atoms with Gasteiger partial charge in [-0.05, 0) is 76.9 Å². The zero-order valence-corrected chi connectivity index (χ0v) is 36.7. The SMILES string of the molecule is COc1cc(-c2cc(C)c3c(n2)CN(c2cn[nH]c2)C3=O)cnc1OC.COc1cc(B2OC(C)(C)C(C)(C)O2)cnc1OC.Cc1cc(Cl)nc2c1C(=O)N(c1cn[nH]c1)C2. The molecular weight excluding hydrogens is 819 g/mol. The second-order valence-electron chi connectivity index (χ2n) is 15.4. The van der Waals surface area contributed by atoms with E-state index in [4.69, 9.17) is 44.8 Å². The molecule has 3 aliphatic rings. The van der Waals surface area contributed by atoms with Crippen LogP contribution in [0.25, 0.3) is 11.3 Å². The summed E-state index contributed by atoms with van der Waals surface area (Å²) in [5.74, 6) is 1.83. The van der Waals surface area contributed by atoms with Crippen LogP contribution in [0.5, 0.6) is 23.3 Å². The van der Waals surface area contributed by atoms with Crippen molar-refractivity contribution in [2.75, 3.05) is 38.2 Å². The van der Waals surface area contributed by atoms with E-state index in [0.29, 0.717) is 52.6 Å². The number of carbonyl (C=O) groups is 2. The highest BCUT2D eigenvalue weighted by atomic mass is 35.5. The molecule has 0 saturated carbocycles. The number of anilines is 2. The van der Waals surface area contributed by atoms with Crippen molar-refractivity contribution in [3.8, 4) is 34.5 Å². The third-order valence-electron chi connectivity index (χ3n) is 11.0. The lowest BCUT2D eigenvalue weighted by molar-refractivity contribution is 0.00578. The van der Waals surface area contributed by atoms with Crippen LogP contribution < -0.4 is 34.2 Å². The van der Waals surface area contributed by atoms with Gasteiger partial charge < -0.3 is 28.3 Å². The predicted molar refractivity (Wildman–Crippen MR) is 231 cm³/mol. The highest BCUT2D eigenvalue weighted by Crippen LogP contribution is 2.38. The zero-order valence-electron chi connectivity index (χ0n) is 36.0. The van der Waals surface area contributed by atoms with Crippen LogP contribution in [0.3, 0.4) is 0 Å². The molecule has 0 unspecified atom stereocenters. The van der Waals surface area contributed by atoms with Gasteiger partial charge >= 0.3 is 7.12 Å². The molecule has 322 valence electrons. The van der Waals surface area contributed by atoms with Crippen molar-refractivity contribution in [2.45, 2.75) is 65.8 Å². The van der Waals surface area contributed by atoms with E-state index >= 15 is 0 Å². The smallest absolute Gasteiger partial charge is 0.491 e. The van der Waals surface area contributed by atoms with E-state index in [9.17, 15) is 9.59 Å². The average Bonchev–Trinajstić information content (AvgIpc) is 4.10.